The summed E-state index contributed by atoms with van der Waals surface area (Å²) in [6, 6.07) is 9.33. The number of fused-ring (bicyclic) bond motifs is 1. The van der Waals surface area contributed by atoms with Crippen LogP contribution in [0.25, 0.3) is 0 Å². The zero-order valence-electron chi connectivity index (χ0n) is 13.7. The minimum atomic E-state index is -0.241. The Morgan fingerprint density at radius 3 is 2.79 bits per heavy atom. The number of carbonyl (C=O) groups excluding carboxylic acids is 2. The van der Waals surface area contributed by atoms with Crippen molar-refractivity contribution in [2.75, 3.05) is 11.4 Å². The molecule has 0 saturated heterocycles. The molecule has 2 aromatic rings. The second kappa shape index (κ2) is 7.21. The number of anilines is 1. The van der Waals surface area contributed by atoms with Gasteiger partial charge in [0.15, 0.2) is 0 Å². The van der Waals surface area contributed by atoms with Crippen LogP contribution in [0.15, 0.2) is 41.0 Å². The maximum absolute atomic E-state index is 11.9. The molecule has 2 N–H and O–H groups in total. The van der Waals surface area contributed by atoms with Crippen LogP contribution in [0.5, 0.6) is 0 Å². The first-order valence-corrected chi connectivity index (χ1v) is 8.13. The average molecular weight is 327 g/mol. The zero-order valence-corrected chi connectivity index (χ0v) is 13.7. The van der Waals surface area contributed by atoms with Crippen LogP contribution in [0.1, 0.15) is 30.2 Å². The zero-order chi connectivity index (χ0) is 16.9. The molecule has 0 fully saturated rings. The molecule has 6 nitrogen and oxygen atoms in total. The van der Waals surface area contributed by atoms with Gasteiger partial charge in [0.25, 0.3) is 0 Å². The first-order valence-electron chi connectivity index (χ1n) is 8.13. The summed E-state index contributed by atoms with van der Waals surface area (Å²) >= 11 is 0. The molecular weight excluding hydrogens is 306 g/mol. The highest BCUT2D eigenvalue weighted by Crippen LogP contribution is 2.29. The Morgan fingerprint density at radius 1 is 1.21 bits per heavy atom. The lowest BCUT2D eigenvalue weighted by molar-refractivity contribution is -0.118. The third-order valence-corrected chi connectivity index (χ3v) is 4.10. The van der Waals surface area contributed by atoms with Crippen molar-refractivity contribution < 1.29 is 14.0 Å². The highest BCUT2D eigenvalue weighted by molar-refractivity contribution is 5.95. The van der Waals surface area contributed by atoms with Crippen LogP contribution in [0, 0.1) is 0 Å². The maximum Gasteiger partial charge on any atom is 0.315 e. The lowest BCUT2D eigenvalue weighted by Crippen LogP contribution is -2.34. The Balaban J connectivity index is 1.53. The van der Waals surface area contributed by atoms with E-state index < -0.39 is 0 Å². The van der Waals surface area contributed by atoms with Crippen molar-refractivity contribution in [1.82, 2.24) is 10.6 Å². The summed E-state index contributed by atoms with van der Waals surface area (Å²) in [5.41, 5.74) is 3.17. The van der Waals surface area contributed by atoms with Crippen molar-refractivity contribution in [3.8, 4) is 0 Å². The molecule has 6 heteroatoms. The van der Waals surface area contributed by atoms with E-state index in [9.17, 15) is 9.59 Å². The van der Waals surface area contributed by atoms with E-state index in [2.05, 4.69) is 16.7 Å². The van der Waals surface area contributed by atoms with E-state index >= 15 is 0 Å². The highest BCUT2D eigenvalue weighted by atomic mass is 16.3. The lowest BCUT2D eigenvalue weighted by Gasteiger charge is -2.16. The Hall–Kier alpha value is -2.76. The fraction of sp³-hybridized carbons (Fsp3) is 0.333. The van der Waals surface area contributed by atoms with Crippen molar-refractivity contribution in [3.63, 3.8) is 0 Å². The molecular formula is C18H21N3O3. The SMILES string of the molecule is CCC(=O)N1CCc2cc(CNC(=O)NCc3ccco3)ccc21. The Morgan fingerprint density at radius 2 is 2.04 bits per heavy atom. The molecule has 0 atom stereocenters. The number of benzene rings is 1. The molecule has 0 unspecified atom stereocenters. The summed E-state index contributed by atoms with van der Waals surface area (Å²) in [5.74, 6) is 0.861. The first kappa shape index (κ1) is 16.1. The smallest absolute Gasteiger partial charge is 0.315 e. The van der Waals surface area contributed by atoms with Crippen LogP contribution in [0.3, 0.4) is 0 Å². The predicted octanol–water partition coefficient (Wildman–Crippen LogP) is 2.58. The highest BCUT2D eigenvalue weighted by Gasteiger charge is 2.23. The van der Waals surface area contributed by atoms with E-state index in [4.69, 9.17) is 4.42 Å². The van der Waals surface area contributed by atoms with Gasteiger partial charge in [0.2, 0.25) is 5.91 Å². The predicted molar refractivity (Wildman–Crippen MR) is 90.6 cm³/mol. The number of urea groups is 1. The number of hydrogen-bond donors (Lipinski definition) is 2. The van der Waals surface area contributed by atoms with Crippen molar-refractivity contribution in [2.24, 2.45) is 0 Å². The van der Waals surface area contributed by atoms with E-state index in [-0.39, 0.29) is 11.9 Å². The molecule has 2 heterocycles. The number of nitrogens with zero attached hydrogens (tertiary/aromatic N) is 1. The van der Waals surface area contributed by atoms with E-state index in [1.807, 2.05) is 30.0 Å². The fourth-order valence-electron chi connectivity index (χ4n) is 2.84. The monoisotopic (exact) mass is 327 g/mol. The largest absolute Gasteiger partial charge is 0.467 e. The van der Waals surface area contributed by atoms with Gasteiger partial charge in [-0.25, -0.2) is 4.79 Å². The Bertz CT molecular complexity index is 725. The molecule has 0 radical (unpaired) electrons. The molecule has 0 spiro atoms. The van der Waals surface area contributed by atoms with E-state index in [0.717, 1.165) is 29.8 Å². The number of hydrogen-bond acceptors (Lipinski definition) is 3. The normalized spacial score (nSPS) is 12.8. The van der Waals surface area contributed by atoms with Gasteiger partial charge >= 0.3 is 6.03 Å². The molecule has 24 heavy (non-hydrogen) atoms. The topological polar surface area (TPSA) is 74.6 Å². The van der Waals surface area contributed by atoms with Crippen molar-refractivity contribution in [2.45, 2.75) is 32.9 Å². The third kappa shape index (κ3) is 3.59. The molecule has 0 bridgehead atoms. The number of nitrogens with one attached hydrogen (secondary N) is 2. The van der Waals surface area contributed by atoms with Crippen LogP contribution in [0.2, 0.25) is 0 Å². The first-order chi connectivity index (χ1) is 11.7. The van der Waals surface area contributed by atoms with Gasteiger partial charge in [0.05, 0.1) is 12.8 Å². The van der Waals surface area contributed by atoms with Gasteiger partial charge in [0, 0.05) is 25.2 Å². The van der Waals surface area contributed by atoms with Gasteiger partial charge in [-0.05, 0) is 35.7 Å². The third-order valence-electron chi connectivity index (χ3n) is 4.10. The van der Waals surface area contributed by atoms with Crippen LogP contribution >= 0.6 is 0 Å². The maximum atomic E-state index is 11.9. The lowest BCUT2D eigenvalue weighted by atomic mass is 10.1. The number of amides is 3. The summed E-state index contributed by atoms with van der Waals surface area (Å²) in [4.78, 5) is 25.5. The van der Waals surface area contributed by atoms with Gasteiger partial charge in [-0.1, -0.05) is 19.1 Å². The van der Waals surface area contributed by atoms with Crippen molar-refractivity contribution >= 4 is 17.6 Å². The van der Waals surface area contributed by atoms with Gasteiger partial charge in [-0.3, -0.25) is 4.79 Å². The van der Waals surface area contributed by atoms with Crippen LogP contribution in [-0.4, -0.2) is 18.5 Å². The Kier molecular flexibility index (Phi) is 4.84. The van der Waals surface area contributed by atoms with Gasteiger partial charge in [0.1, 0.15) is 5.76 Å². The van der Waals surface area contributed by atoms with Crippen molar-refractivity contribution in [1.29, 1.82) is 0 Å². The number of furan rings is 1. The second-order valence-electron chi connectivity index (χ2n) is 5.73. The standard InChI is InChI=1S/C18H21N3O3/c1-2-17(22)21-8-7-14-10-13(5-6-16(14)21)11-19-18(23)20-12-15-4-3-9-24-15/h3-6,9-10H,2,7-8,11-12H2,1H3,(H2,19,20,23). The van der Waals surface area contributed by atoms with E-state index in [1.165, 1.54) is 0 Å². The average Bonchev–Trinajstić information content (AvgIpc) is 3.26. The van der Waals surface area contributed by atoms with Crippen molar-refractivity contribution in [3.05, 3.63) is 53.5 Å². The number of rotatable bonds is 5. The molecule has 1 aliphatic heterocycles. The summed E-state index contributed by atoms with van der Waals surface area (Å²) in [7, 11) is 0. The molecule has 1 aromatic carbocycles. The van der Waals surface area contributed by atoms with Gasteiger partial charge < -0.3 is 20.0 Å². The number of carbonyl (C=O) groups is 2. The Labute approximate surface area is 140 Å². The molecule has 0 saturated carbocycles. The minimum absolute atomic E-state index is 0.150. The van der Waals surface area contributed by atoms with Crippen LogP contribution in [0.4, 0.5) is 10.5 Å². The summed E-state index contributed by atoms with van der Waals surface area (Å²) in [5, 5.41) is 5.57. The molecule has 3 rings (SSSR count). The second-order valence-corrected chi connectivity index (χ2v) is 5.73. The summed E-state index contributed by atoms with van der Waals surface area (Å²) < 4.78 is 5.16. The molecule has 3 amide bonds. The molecule has 1 aromatic heterocycles. The van der Waals surface area contributed by atoms with Gasteiger partial charge in [-0.15, -0.1) is 0 Å². The molecule has 0 aliphatic carbocycles. The summed E-state index contributed by atoms with van der Waals surface area (Å²) in [6.45, 7) is 3.42. The molecule has 1 aliphatic rings. The van der Waals surface area contributed by atoms with E-state index in [0.29, 0.717) is 25.3 Å². The molecule has 126 valence electrons. The van der Waals surface area contributed by atoms with Gasteiger partial charge in [-0.2, -0.15) is 0 Å². The van der Waals surface area contributed by atoms with Crippen LogP contribution in [-0.2, 0) is 24.3 Å². The summed E-state index contributed by atoms with van der Waals surface area (Å²) in [6.07, 6.45) is 2.95. The fourth-order valence-corrected chi connectivity index (χ4v) is 2.84. The van der Waals surface area contributed by atoms with Crippen LogP contribution < -0.4 is 15.5 Å². The van der Waals surface area contributed by atoms with E-state index in [1.54, 1.807) is 12.3 Å². The quantitative estimate of drug-likeness (QED) is 0.886. The minimum Gasteiger partial charge on any atom is -0.467 e.